The van der Waals surface area contributed by atoms with Crippen LogP contribution in [0.5, 0.6) is 0 Å². The summed E-state index contributed by atoms with van der Waals surface area (Å²) in [5.41, 5.74) is 7.72. The van der Waals surface area contributed by atoms with E-state index in [-0.39, 0.29) is 11.9 Å². The second-order valence-electron chi connectivity index (χ2n) is 4.63. The Bertz CT molecular complexity index is 610. The second-order valence-corrected chi connectivity index (χ2v) is 4.63. The molecule has 1 atom stereocenters. The zero-order chi connectivity index (χ0) is 13.8. The van der Waals surface area contributed by atoms with Crippen LogP contribution >= 0.6 is 0 Å². The Morgan fingerprint density at radius 3 is 3.00 bits per heavy atom. The van der Waals surface area contributed by atoms with Gasteiger partial charge in [0.15, 0.2) is 0 Å². The molecule has 0 saturated carbocycles. The predicted octanol–water partition coefficient (Wildman–Crippen LogP) is 1.83. The molecular formula is C14H15FN4. The topological polar surface area (TPSA) is 67.6 Å². The molecule has 2 rings (SSSR count). The number of benzene rings is 1. The molecule has 0 radical (unpaired) electrons. The SMILES string of the molecule is CC(N)Cc1cn(Cc2cc(F)ccc2C#N)cn1. The molecule has 1 aromatic heterocycles. The third-order valence-corrected chi connectivity index (χ3v) is 2.76. The highest BCUT2D eigenvalue weighted by Crippen LogP contribution is 2.12. The van der Waals surface area contributed by atoms with E-state index in [1.165, 1.54) is 18.2 Å². The molecule has 0 saturated heterocycles. The van der Waals surface area contributed by atoms with E-state index < -0.39 is 0 Å². The molecule has 2 N–H and O–H groups in total. The Morgan fingerprint density at radius 1 is 1.53 bits per heavy atom. The van der Waals surface area contributed by atoms with E-state index in [4.69, 9.17) is 11.0 Å². The van der Waals surface area contributed by atoms with Crippen LogP contribution in [0, 0.1) is 17.1 Å². The van der Waals surface area contributed by atoms with Gasteiger partial charge in [-0.2, -0.15) is 5.26 Å². The van der Waals surface area contributed by atoms with E-state index in [9.17, 15) is 4.39 Å². The number of halogens is 1. The first-order valence-corrected chi connectivity index (χ1v) is 6.03. The summed E-state index contributed by atoms with van der Waals surface area (Å²) in [6, 6.07) is 6.27. The lowest BCUT2D eigenvalue weighted by atomic mass is 10.1. The lowest BCUT2D eigenvalue weighted by molar-refractivity contribution is 0.623. The normalized spacial score (nSPS) is 12.1. The van der Waals surface area contributed by atoms with Gasteiger partial charge in [-0.15, -0.1) is 0 Å². The van der Waals surface area contributed by atoms with E-state index in [2.05, 4.69) is 11.1 Å². The summed E-state index contributed by atoms with van der Waals surface area (Å²) in [6.45, 7) is 2.34. The molecule has 0 aliphatic heterocycles. The highest BCUT2D eigenvalue weighted by atomic mass is 19.1. The molecule has 1 aromatic carbocycles. The molecular weight excluding hydrogens is 243 g/mol. The van der Waals surface area contributed by atoms with Crippen LogP contribution in [-0.2, 0) is 13.0 Å². The highest BCUT2D eigenvalue weighted by Gasteiger charge is 2.06. The molecule has 0 bridgehead atoms. The average Bonchev–Trinajstić information content (AvgIpc) is 2.76. The van der Waals surface area contributed by atoms with Crippen LogP contribution in [0.25, 0.3) is 0 Å². The van der Waals surface area contributed by atoms with Crippen molar-refractivity contribution in [2.45, 2.75) is 25.9 Å². The Kier molecular flexibility index (Phi) is 3.93. The quantitative estimate of drug-likeness (QED) is 0.909. The van der Waals surface area contributed by atoms with Gasteiger partial charge in [0, 0.05) is 25.2 Å². The smallest absolute Gasteiger partial charge is 0.123 e. The van der Waals surface area contributed by atoms with Gasteiger partial charge in [0.2, 0.25) is 0 Å². The van der Waals surface area contributed by atoms with Gasteiger partial charge in [-0.25, -0.2) is 9.37 Å². The van der Waals surface area contributed by atoms with E-state index in [1.807, 2.05) is 17.7 Å². The number of nitrogens with zero attached hydrogens (tertiary/aromatic N) is 3. The summed E-state index contributed by atoms with van der Waals surface area (Å²) in [6.07, 6.45) is 4.24. The highest BCUT2D eigenvalue weighted by molar-refractivity contribution is 5.38. The lowest BCUT2D eigenvalue weighted by Gasteiger charge is -2.05. The number of nitriles is 1. The van der Waals surface area contributed by atoms with Gasteiger partial charge in [0.25, 0.3) is 0 Å². The monoisotopic (exact) mass is 258 g/mol. The largest absolute Gasteiger partial charge is 0.333 e. The minimum absolute atomic E-state index is 0.0483. The van der Waals surface area contributed by atoms with Crippen molar-refractivity contribution in [1.82, 2.24) is 9.55 Å². The summed E-state index contributed by atoms with van der Waals surface area (Å²) in [5.74, 6) is -0.343. The van der Waals surface area contributed by atoms with Crippen molar-refractivity contribution >= 4 is 0 Å². The number of hydrogen-bond acceptors (Lipinski definition) is 3. The van der Waals surface area contributed by atoms with Crippen molar-refractivity contribution < 1.29 is 4.39 Å². The van der Waals surface area contributed by atoms with Gasteiger partial charge in [0.1, 0.15) is 5.82 Å². The summed E-state index contributed by atoms with van der Waals surface area (Å²) >= 11 is 0. The Balaban J connectivity index is 2.19. The molecule has 5 heteroatoms. The maximum Gasteiger partial charge on any atom is 0.123 e. The van der Waals surface area contributed by atoms with Gasteiger partial charge in [-0.3, -0.25) is 0 Å². The van der Waals surface area contributed by atoms with E-state index in [0.29, 0.717) is 24.1 Å². The zero-order valence-electron chi connectivity index (χ0n) is 10.7. The summed E-state index contributed by atoms with van der Waals surface area (Å²) in [7, 11) is 0. The van der Waals surface area contributed by atoms with Gasteiger partial charge < -0.3 is 10.3 Å². The molecule has 2 aromatic rings. The van der Waals surface area contributed by atoms with E-state index in [1.54, 1.807) is 6.33 Å². The minimum atomic E-state index is -0.343. The van der Waals surface area contributed by atoms with Gasteiger partial charge in [-0.05, 0) is 30.7 Å². The summed E-state index contributed by atoms with van der Waals surface area (Å²) in [4.78, 5) is 4.24. The first-order chi connectivity index (χ1) is 9.08. The number of imidazole rings is 1. The fraction of sp³-hybridized carbons (Fsp3) is 0.286. The van der Waals surface area contributed by atoms with Crippen molar-refractivity contribution in [3.05, 3.63) is 53.4 Å². The Morgan fingerprint density at radius 2 is 2.32 bits per heavy atom. The second kappa shape index (κ2) is 5.63. The minimum Gasteiger partial charge on any atom is -0.333 e. The van der Waals surface area contributed by atoms with Crippen molar-refractivity contribution in [2.75, 3.05) is 0 Å². The standard InChI is InChI=1S/C14H15FN4/c1-10(17)4-14-8-19(9-18-14)7-12-5-13(15)3-2-11(12)6-16/h2-3,5,8-10H,4,7,17H2,1H3. The van der Waals surface area contributed by atoms with Gasteiger partial charge in [-0.1, -0.05) is 0 Å². The lowest BCUT2D eigenvalue weighted by Crippen LogP contribution is -2.17. The van der Waals surface area contributed by atoms with Crippen LogP contribution < -0.4 is 5.73 Å². The van der Waals surface area contributed by atoms with Gasteiger partial charge >= 0.3 is 0 Å². The Hall–Kier alpha value is -2.19. The number of aromatic nitrogens is 2. The zero-order valence-corrected chi connectivity index (χ0v) is 10.7. The van der Waals surface area contributed by atoms with E-state index in [0.717, 1.165) is 5.69 Å². The summed E-state index contributed by atoms with van der Waals surface area (Å²) in [5, 5.41) is 9.00. The number of rotatable bonds is 4. The fourth-order valence-electron chi connectivity index (χ4n) is 1.93. The predicted molar refractivity (Wildman–Crippen MR) is 69.8 cm³/mol. The van der Waals surface area contributed by atoms with Crippen molar-refractivity contribution in [2.24, 2.45) is 5.73 Å². The van der Waals surface area contributed by atoms with Crippen molar-refractivity contribution in [3.8, 4) is 6.07 Å². The molecule has 0 fully saturated rings. The van der Waals surface area contributed by atoms with Crippen LogP contribution in [0.1, 0.15) is 23.7 Å². The number of hydrogen-bond donors (Lipinski definition) is 1. The third-order valence-electron chi connectivity index (χ3n) is 2.76. The average molecular weight is 258 g/mol. The number of nitrogens with two attached hydrogens (primary N) is 1. The first kappa shape index (κ1) is 13.2. The first-order valence-electron chi connectivity index (χ1n) is 6.03. The molecule has 4 nitrogen and oxygen atoms in total. The molecule has 19 heavy (non-hydrogen) atoms. The molecule has 1 unspecified atom stereocenters. The van der Waals surface area contributed by atoms with Crippen LogP contribution in [0.3, 0.4) is 0 Å². The molecule has 1 heterocycles. The van der Waals surface area contributed by atoms with Crippen LogP contribution in [0.4, 0.5) is 4.39 Å². The molecule has 98 valence electrons. The van der Waals surface area contributed by atoms with Crippen LogP contribution in [-0.4, -0.2) is 15.6 Å². The van der Waals surface area contributed by atoms with Crippen molar-refractivity contribution in [3.63, 3.8) is 0 Å². The molecule has 0 aliphatic rings. The Labute approximate surface area is 111 Å². The molecule has 0 spiro atoms. The molecule has 0 amide bonds. The molecule has 0 aliphatic carbocycles. The van der Waals surface area contributed by atoms with Crippen molar-refractivity contribution in [1.29, 1.82) is 5.26 Å². The third kappa shape index (κ3) is 3.39. The fourth-order valence-corrected chi connectivity index (χ4v) is 1.93. The maximum absolute atomic E-state index is 13.2. The van der Waals surface area contributed by atoms with Gasteiger partial charge in [0.05, 0.1) is 23.7 Å². The van der Waals surface area contributed by atoms with E-state index >= 15 is 0 Å². The summed E-state index contributed by atoms with van der Waals surface area (Å²) < 4.78 is 15.0. The van der Waals surface area contributed by atoms with Crippen LogP contribution in [0.2, 0.25) is 0 Å². The maximum atomic E-state index is 13.2. The van der Waals surface area contributed by atoms with Crippen LogP contribution in [0.15, 0.2) is 30.7 Å².